The second-order valence-corrected chi connectivity index (χ2v) is 3.60. The molecule has 0 aliphatic rings. The lowest BCUT2D eigenvalue weighted by Gasteiger charge is -2.14. The van der Waals surface area contributed by atoms with Gasteiger partial charge in [0, 0.05) is 5.56 Å². The summed E-state index contributed by atoms with van der Waals surface area (Å²) in [5.74, 6) is -4.02. The molecule has 1 aromatic rings. The van der Waals surface area contributed by atoms with E-state index in [1.54, 1.807) is 12.1 Å². The third-order valence-electron chi connectivity index (χ3n) is 2.12. The van der Waals surface area contributed by atoms with Gasteiger partial charge in [0.1, 0.15) is 12.4 Å². The summed E-state index contributed by atoms with van der Waals surface area (Å²) in [5.41, 5.74) is 0.359. The van der Waals surface area contributed by atoms with Crippen LogP contribution < -0.4 is 5.32 Å². The number of carbonyl (C=O) groups excluding carboxylic acids is 1. The summed E-state index contributed by atoms with van der Waals surface area (Å²) in [6, 6.07) is 6.16. The summed E-state index contributed by atoms with van der Waals surface area (Å²) in [4.78, 5) is 11.3. The van der Waals surface area contributed by atoms with Gasteiger partial charge in [0.05, 0.1) is 13.0 Å². The second-order valence-electron chi connectivity index (χ2n) is 3.60. The molecule has 3 N–H and O–H groups in total. The minimum atomic E-state index is -3.33. The Labute approximate surface area is 96.9 Å². The van der Waals surface area contributed by atoms with E-state index in [0.29, 0.717) is 5.56 Å². The van der Waals surface area contributed by atoms with Crippen molar-refractivity contribution in [3.05, 3.63) is 29.8 Å². The van der Waals surface area contributed by atoms with Gasteiger partial charge in [-0.25, -0.2) is 8.78 Å². The number of aliphatic hydroxyl groups is 1. The molecule has 0 unspecified atom stereocenters. The van der Waals surface area contributed by atoms with Crippen molar-refractivity contribution in [3.63, 3.8) is 0 Å². The Kier molecular flexibility index (Phi) is 4.39. The molecule has 0 saturated heterocycles. The maximum absolute atomic E-state index is 12.6. The number of alkyl halides is 2. The largest absolute Gasteiger partial charge is 0.508 e. The van der Waals surface area contributed by atoms with Crippen molar-refractivity contribution < 1.29 is 23.8 Å². The first-order chi connectivity index (χ1) is 7.94. The molecule has 6 heteroatoms. The number of phenols is 1. The molecule has 0 atom stereocenters. The smallest absolute Gasteiger partial charge is 0.287 e. The van der Waals surface area contributed by atoms with Crippen LogP contribution in [0.4, 0.5) is 8.78 Å². The van der Waals surface area contributed by atoms with Crippen LogP contribution in [0.15, 0.2) is 24.3 Å². The lowest BCUT2D eigenvalue weighted by atomic mass is 10.1. The van der Waals surface area contributed by atoms with Crippen LogP contribution in [0.5, 0.6) is 5.75 Å². The van der Waals surface area contributed by atoms with Crippen molar-refractivity contribution in [3.8, 4) is 5.75 Å². The Hall–Kier alpha value is -1.69. The minimum Gasteiger partial charge on any atom is -0.508 e. The van der Waals surface area contributed by atoms with E-state index in [4.69, 9.17) is 5.11 Å². The number of benzene rings is 1. The first-order valence-electron chi connectivity index (χ1n) is 4.97. The highest BCUT2D eigenvalue weighted by Gasteiger charge is 2.28. The number of nitrogens with one attached hydrogen (secondary N) is 1. The number of rotatable bonds is 5. The summed E-state index contributed by atoms with van der Waals surface area (Å²) < 4.78 is 25.2. The molecule has 0 spiro atoms. The van der Waals surface area contributed by atoms with Crippen LogP contribution in [0.3, 0.4) is 0 Å². The molecule has 1 amide bonds. The zero-order chi connectivity index (χ0) is 12.9. The highest BCUT2D eigenvalue weighted by Crippen LogP contribution is 2.16. The van der Waals surface area contributed by atoms with Crippen molar-refractivity contribution in [2.24, 2.45) is 0 Å². The number of phenolic OH excluding ortho intramolecular Hbond substituents is 1. The number of hydrogen-bond acceptors (Lipinski definition) is 3. The first-order valence-corrected chi connectivity index (χ1v) is 4.97. The topological polar surface area (TPSA) is 69.6 Å². The fourth-order valence-electron chi connectivity index (χ4n) is 1.18. The van der Waals surface area contributed by atoms with Crippen molar-refractivity contribution in [2.75, 3.05) is 13.2 Å². The second kappa shape index (κ2) is 5.58. The molecule has 17 heavy (non-hydrogen) atoms. The zero-order valence-electron chi connectivity index (χ0n) is 8.99. The molecule has 0 saturated carbocycles. The van der Waals surface area contributed by atoms with Crippen LogP contribution in [-0.2, 0) is 11.2 Å². The van der Waals surface area contributed by atoms with Crippen LogP contribution >= 0.6 is 0 Å². The SMILES string of the molecule is O=C(Cc1ccccc1O)NCC(F)(F)CO. The van der Waals surface area contributed by atoms with E-state index in [2.05, 4.69) is 0 Å². The fraction of sp³-hybridized carbons (Fsp3) is 0.364. The quantitative estimate of drug-likeness (QED) is 0.714. The van der Waals surface area contributed by atoms with E-state index < -0.39 is 25.0 Å². The maximum Gasteiger partial charge on any atom is 0.287 e. The lowest BCUT2D eigenvalue weighted by molar-refractivity contribution is -0.123. The van der Waals surface area contributed by atoms with Crippen LogP contribution in [0.25, 0.3) is 0 Å². The van der Waals surface area contributed by atoms with Crippen molar-refractivity contribution in [1.29, 1.82) is 0 Å². The van der Waals surface area contributed by atoms with E-state index in [-0.39, 0.29) is 12.2 Å². The number of carbonyl (C=O) groups is 1. The van der Waals surface area contributed by atoms with E-state index in [1.165, 1.54) is 12.1 Å². The molecular formula is C11H13F2NO3. The number of halogens is 2. The van der Waals surface area contributed by atoms with Crippen molar-refractivity contribution in [1.82, 2.24) is 5.32 Å². The predicted octanol–water partition coefficient (Wildman–Crippen LogP) is 0.678. The van der Waals surface area contributed by atoms with E-state index in [0.717, 1.165) is 0 Å². The Morgan fingerprint density at radius 1 is 1.35 bits per heavy atom. The molecule has 0 bridgehead atoms. The number of para-hydroxylation sites is 1. The minimum absolute atomic E-state index is 0.0587. The standard InChI is InChI=1S/C11H13F2NO3/c12-11(13,7-15)6-14-10(17)5-8-3-1-2-4-9(8)16/h1-4,15-16H,5-7H2,(H,14,17). The molecule has 0 fully saturated rings. The normalized spacial score (nSPS) is 11.2. The van der Waals surface area contributed by atoms with Gasteiger partial charge in [-0.2, -0.15) is 0 Å². The number of hydrogen-bond donors (Lipinski definition) is 3. The third-order valence-corrected chi connectivity index (χ3v) is 2.12. The molecule has 0 aromatic heterocycles. The molecule has 4 nitrogen and oxygen atoms in total. The van der Waals surface area contributed by atoms with Gasteiger partial charge in [-0.15, -0.1) is 0 Å². The highest BCUT2D eigenvalue weighted by atomic mass is 19.3. The summed E-state index contributed by atoms with van der Waals surface area (Å²) in [7, 11) is 0. The Morgan fingerprint density at radius 2 is 2.00 bits per heavy atom. The van der Waals surface area contributed by atoms with Gasteiger partial charge in [0.2, 0.25) is 5.91 Å². The van der Waals surface area contributed by atoms with Crippen molar-refractivity contribution >= 4 is 5.91 Å². The van der Waals surface area contributed by atoms with E-state index >= 15 is 0 Å². The average Bonchev–Trinajstić information content (AvgIpc) is 2.30. The maximum atomic E-state index is 12.6. The Balaban J connectivity index is 2.48. The molecular weight excluding hydrogens is 232 g/mol. The van der Waals surface area contributed by atoms with E-state index in [1.807, 2.05) is 5.32 Å². The number of aromatic hydroxyl groups is 1. The molecule has 94 valence electrons. The van der Waals surface area contributed by atoms with Crippen LogP contribution in [-0.4, -0.2) is 35.2 Å². The first kappa shape index (κ1) is 13.4. The Bertz CT molecular complexity index is 396. The van der Waals surface area contributed by atoms with Crippen LogP contribution in [0, 0.1) is 0 Å². The summed E-state index contributed by atoms with van der Waals surface area (Å²) >= 11 is 0. The monoisotopic (exact) mass is 245 g/mol. The van der Waals surface area contributed by atoms with Gasteiger partial charge < -0.3 is 15.5 Å². The average molecular weight is 245 g/mol. The number of amides is 1. The van der Waals surface area contributed by atoms with Gasteiger partial charge in [-0.1, -0.05) is 18.2 Å². The van der Waals surface area contributed by atoms with Gasteiger partial charge in [0.15, 0.2) is 0 Å². The highest BCUT2D eigenvalue weighted by molar-refractivity contribution is 5.79. The van der Waals surface area contributed by atoms with Crippen molar-refractivity contribution in [2.45, 2.75) is 12.3 Å². The van der Waals surface area contributed by atoms with E-state index in [9.17, 15) is 18.7 Å². The molecule has 0 radical (unpaired) electrons. The van der Waals surface area contributed by atoms with Gasteiger partial charge in [-0.3, -0.25) is 4.79 Å². The van der Waals surface area contributed by atoms with Gasteiger partial charge in [0.25, 0.3) is 5.92 Å². The molecule has 0 heterocycles. The van der Waals surface area contributed by atoms with Crippen LogP contribution in [0.1, 0.15) is 5.56 Å². The summed E-state index contributed by atoms with van der Waals surface area (Å²) in [5, 5.41) is 19.7. The predicted molar refractivity (Wildman–Crippen MR) is 56.9 cm³/mol. The molecule has 1 rings (SSSR count). The molecule has 1 aromatic carbocycles. The number of aliphatic hydroxyl groups excluding tert-OH is 1. The van der Waals surface area contributed by atoms with Gasteiger partial charge >= 0.3 is 0 Å². The lowest BCUT2D eigenvalue weighted by Crippen LogP contribution is -2.39. The van der Waals surface area contributed by atoms with Gasteiger partial charge in [-0.05, 0) is 6.07 Å². The zero-order valence-corrected chi connectivity index (χ0v) is 8.99. The van der Waals surface area contributed by atoms with Crippen LogP contribution in [0.2, 0.25) is 0 Å². The summed E-state index contributed by atoms with van der Waals surface area (Å²) in [6.07, 6.45) is -0.186. The summed E-state index contributed by atoms with van der Waals surface area (Å²) in [6.45, 7) is -2.24. The third kappa shape index (κ3) is 4.36. The molecule has 0 aliphatic heterocycles. The fourth-order valence-corrected chi connectivity index (χ4v) is 1.18. The Morgan fingerprint density at radius 3 is 2.59 bits per heavy atom. The molecule has 0 aliphatic carbocycles.